The van der Waals surface area contributed by atoms with Crippen molar-refractivity contribution in [3.8, 4) is 0 Å². The lowest BCUT2D eigenvalue weighted by Crippen LogP contribution is -2.34. The molecule has 0 aliphatic rings. The maximum absolute atomic E-state index is 12.2. The Bertz CT molecular complexity index is 558. The summed E-state index contributed by atoms with van der Waals surface area (Å²) in [6.45, 7) is 8.71. The molecule has 1 amide bonds. The SMILES string of the molecule is CN(C(=O)OC(C)(C)C)c1ccc(N)c(P(C)(C)=O)c1. The van der Waals surface area contributed by atoms with Gasteiger partial charge in [-0.3, -0.25) is 4.90 Å². The fourth-order valence-electron chi connectivity index (χ4n) is 1.64. The summed E-state index contributed by atoms with van der Waals surface area (Å²) in [5, 5.41) is 0.574. The minimum Gasteiger partial charge on any atom is -0.443 e. The summed E-state index contributed by atoms with van der Waals surface area (Å²) < 4.78 is 17.5. The molecule has 1 aromatic rings. The average Bonchev–Trinajstić information content (AvgIpc) is 2.24. The zero-order chi connectivity index (χ0) is 15.7. The molecule has 0 saturated heterocycles. The van der Waals surface area contributed by atoms with Crippen LogP contribution in [-0.4, -0.2) is 32.1 Å². The van der Waals surface area contributed by atoms with Gasteiger partial charge in [0.1, 0.15) is 12.7 Å². The molecule has 0 spiro atoms. The van der Waals surface area contributed by atoms with Crippen LogP contribution in [0.25, 0.3) is 0 Å². The van der Waals surface area contributed by atoms with Gasteiger partial charge in [0, 0.05) is 23.7 Å². The standard InChI is InChI=1S/C14H23N2O3P/c1-14(2,3)19-13(17)16(4)10-7-8-11(15)12(9-10)20(5,6)18/h7-9H,15H2,1-6H3. The van der Waals surface area contributed by atoms with Gasteiger partial charge in [-0.15, -0.1) is 0 Å². The second kappa shape index (κ2) is 5.49. The van der Waals surface area contributed by atoms with E-state index >= 15 is 0 Å². The van der Waals surface area contributed by atoms with Gasteiger partial charge in [0.2, 0.25) is 0 Å². The van der Waals surface area contributed by atoms with Gasteiger partial charge >= 0.3 is 6.09 Å². The van der Waals surface area contributed by atoms with Crippen molar-refractivity contribution < 1.29 is 14.1 Å². The van der Waals surface area contributed by atoms with Gasteiger partial charge in [0.15, 0.2) is 0 Å². The number of nitrogen functional groups attached to an aromatic ring is 1. The van der Waals surface area contributed by atoms with Crippen molar-refractivity contribution in [2.24, 2.45) is 0 Å². The van der Waals surface area contributed by atoms with Crippen LogP contribution in [0, 0.1) is 0 Å². The second-order valence-electron chi connectivity index (χ2n) is 6.13. The first-order valence-corrected chi connectivity index (χ1v) is 8.94. The maximum atomic E-state index is 12.2. The second-order valence-corrected chi connectivity index (χ2v) is 9.32. The summed E-state index contributed by atoms with van der Waals surface area (Å²) in [6.07, 6.45) is -0.463. The van der Waals surface area contributed by atoms with Crippen LogP contribution < -0.4 is 15.9 Å². The first-order valence-electron chi connectivity index (χ1n) is 6.33. The van der Waals surface area contributed by atoms with Crippen LogP contribution in [0.4, 0.5) is 16.2 Å². The van der Waals surface area contributed by atoms with Crippen LogP contribution in [0.5, 0.6) is 0 Å². The molecular formula is C14H23N2O3P. The van der Waals surface area contributed by atoms with Crippen molar-refractivity contribution in [1.82, 2.24) is 0 Å². The summed E-state index contributed by atoms with van der Waals surface area (Å²) in [4.78, 5) is 13.4. The van der Waals surface area contributed by atoms with E-state index in [1.165, 1.54) is 4.90 Å². The van der Waals surface area contributed by atoms with Gasteiger partial charge in [-0.1, -0.05) is 0 Å². The summed E-state index contributed by atoms with van der Waals surface area (Å²) >= 11 is 0. The van der Waals surface area contributed by atoms with E-state index in [9.17, 15) is 9.36 Å². The Hall–Kier alpha value is -1.48. The van der Waals surface area contributed by atoms with Crippen molar-refractivity contribution in [3.05, 3.63) is 18.2 Å². The minimum absolute atomic E-state index is 0.463. The molecule has 5 nitrogen and oxygen atoms in total. The average molecular weight is 298 g/mol. The molecule has 2 N–H and O–H groups in total. The zero-order valence-corrected chi connectivity index (χ0v) is 13.8. The Kier molecular flexibility index (Phi) is 4.55. The molecular weight excluding hydrogens is 275 g/mol. The van der Waals surface area contributed by atoms with E-state index in [1.807, 2.05) is 0 Å². The fraction of sp³-hybridized carbons (Fsp3) is 0.500. The van der Waals surface area contributed by atoms with Gasteiger partial charge in [-0.05, 0) is 52.3 Å². The molecule has 0 fully saturated rings. The van der Waals surface area contributed by atoms with E-state index in [0.29, 0.717) is 16.7 Å². The van der Waals surface area contributed by atoms with E-state index in [1.54, 1.807) is 59.3 Å². The number of hydrogen-bond donors (Lipinski definition) is 1. The third kappa shape index (κ3) is 4.27. The van der Waals surface area contributed by atoms with E-state index < -0.39 is 18.8 Å². The quantitative estimate of drug-likeness (QED) is 0.673. The van der Waals surface area contributed by atoms with Crippen LogP contribution in [0.3, 0.4) is 0 Å². The predicted octanol–water partition coefficient (Wildman–Crippen LogP) is 2.89. The van der Waals surface area contributed by atoms with Crippen molar-refractivity contribution in [1.29, 1.82) is 0 Å². The molecule has 112 valence electrons. The number of nitrogens with two attached hydrogens (primary N) is 1. The highest BCUT2D eigenvalue weighted by atomic mass is 31.2. The topological polar surface area (TPSA) is 72.6 Å². The van der Waals surface area contributed by atoms with Gasteiger partial charge in [0.25, 0.3) is 0 Å². The van der Waals surface area contributed by atoms with Crippen molar-refractivity contribution in [2.45, 2.75) is 26.4 Å². The molecule has 0 saturated carbocycles. The molecule has 1 aromatic carbocycles. The molecule has 0 bridgehead atoms. The number of amides is 1. The number of carbonyl (C=O) groups excluding carboxylic acids is 1. The van der Waals surface area contributed by atoms with E-state index in [0.717, 1.165) is 0 Å². The molecule has 20 heavy (non-hydrogen) atoms. The Morgan fingerprint density at radius 1 is 1.30 bits per heavy atom. The van der Waals surface area contributed by atoms with Gasteiger partial charge in [-0.25, -0.2) is 4.79 Å². The monoisotopic (exact) mass is 298 g/mol. The lowest BCUT2D eigenvalue weighted by Gasteiger charge is -2.25. The van der Waals surface area contributed by atoms with E-state index in [2.05, 4.69) is 0 Å². The number of nitrogens with zero attached hydrogens (tertiary/aromatic N) is 1. The van der Waals surface area contributed by atoms with Crippen LogP contribution >= 0.6 is 7.14 Å². The molecule has 0 radical (unpaired) electrons. The van der Waals surface area contributed by atoms with Crippen LogP contribution in [0.1, 0.15) is 20.8 Å². The number of hydrogen-bond acceptors (Lipinski definition) is 4. The molecule has 0 heterocycles. The van der Waals surface area contributed by atoms with E-state index in [-0.39, 0.29) is 0 Å². The van der Waals surface area contributed by atoms with Crippen LogP contribution in [0.15, 0.2) is 18.2 Å². The number of benzene rings is 1. The Morgan fingerprint density at radius 2 is 1.85 bits per heavy atom. The molecule has 0 atom stereocenters. The highest BCUT2D eigenvalue weighted by molar-refractivity contribution is 7.70. The predicted molar refractivity (Wildman–Crippen MR) is 84.6 cm³/mol. The smallest absolute Gasteiger partial charge is 0.414 e. The van der Waals surface area contributed by atoms with Crippen molar-refractivity contribution in [2.75, 3.05) is 31.0 Å². The third-order valence-electron chi connectivity index (χ3n) is 2.65. The van der Waals surface area contributed by atoms with Gasteiger partial charge in [0.05, 0.1) is 0 Å². The summed E-state index contributed by atoms with van der Waals surface area (Å²) in [7, 11) is -0.887. The van der Waals surface area contributed by atoms with Crippen LogP contribution in [-0.2, 0) is 9.30 Å². The highest BCUT2D eigenvalue weighted by Crippen LogP contribution is 2.38. The molecule has 6 heteroatoms. The molecule has 1 rings (SSSR count). The van der Waals surface area contributed by atoms with Crippen LogP contribution in [0.2, 0.25) is 0 Å². The Labute approximate surface area is 120 Å². The first kappa shape index (κ1) is 16.6. The van der Waals surface area contributed by atoms with Gasteiger partial charge < -0.3 is 15.0 Å². The van der Waals surface area contributed by atoms with E-state index in [4.69, 9.17) is 10.5 Å². The van der Waals surface area contributed by atoms with Crippen molar-refractivity contribution in [3.63, 3.8) is 0 Å². The summed E-state index contributed by atoms with van der Waals surface area (Å²) in [5.41, 5.74) is 6.36. The largest absolute Gasteiger partial charge is 0.443 e. The van der Waals surface area contributed by atoms with Crippen molar-refractivity contribution >= 4 is 29.9 Å². The third-order valence-corrected chi connectivity index (χ3v) is 4.20. The minimum atomic E-state index is -2.50. The number of carbonyl (C=O) groups is 1. The Morgan fingerprint density at radius 3 is 2.30 bits per heavy atom. The number of ether oxygens (including phenoxy) is 1. The van der Waals surface area contributed by atoms with Gasteiger partial charge in [-0.2, -0.15) is 0 Å². The summed E-state index contributed by atoms with van der Waals surface area (Å²) in [6, 6.07) is 5.05. The molecule has 0 aliphatic heterocycles. The summed E-state index contributed by atoms with van der Waals surface area (Å²) in [5.74, 6) is 0. The number of rotatable bonds is 2. The molecule has 0 aliphatic carbocycles. The Balaban J connectivity index is 3.09. The molecule has 0 unspecified atom stereocenters. The lowest BCUT2D eigenvalue weighted by molar-refractivity contribution is 0.0589. The molecule has 0 aromatic heterocycles. The maximum Gasteiger partial charge on any atom is 0.414 e. The highest BCUT2D eigenvalue weighted by Gasteiger charge is 2.22. The zero-order valence-electron chi connectivity index (χ0n) is 12.9. The fourth-order valence-corrected chi connectivity index (χ4v) is 2.78. The number of anilines is 2. The first-order chi connectivity index (χ1) is 8.92. The normalized spacial score (nSPS) is 12.1. The lowest BCUT2D eigenvalue weighted by atomic mass is 10.2.